The summed E-state index contributed by atoms with van der Waals surface area (Å²) >= 11 is 0. The lowest BCUT2D eigenvalue weighted by molar-refractivity contribution is -0.121. The first-order valence-corrected chi connectivity index (χ1v) is 8.02. The van der Waals surface area contributed by atoms with E-state index in [1.165, 1.54) is 18.2 Å². The highest BCUT2D eigenvalue weighted by Crippen LogP contribution is 2.26. The summed E-state index contributed by atoms with van der Waals surface area (Å²) in [6.45, 7) is -1.25. The molecule has 2 aromatic rings. The van der Waals surface area contributed by atoms with Crippen LogP contribution in [0.15, 0.2) is 48.5 Å². The van der Waals surface area contributed by atoms with Gasteiger partial charge in [-0.3, -0.25) is 4.79 Å². The molecule has 0 fully saturated rings. The molecule has 0 spiro atoms. The highest BCUT2D eigenvalue weighted by atomic mass is 19.3. The average Bonchev–Trinajstić information content (AvgIpc) is 2.60. The van der Waals surface area contributed by atoms with Crippen molar-refractivity contribution in [3.8, 4) is 5.75 Å². The molecule has 1 amide bonds. The molecule has 0 aliphatic heterocycles. The fourth-order valence-electron chi connectivity index (χ4n) is 2.50. The third kappa shape index (κ3) is 5.54. The van der Waals surface area contributed by atoms with Crippen molar-refractivity contribution >= 4 is 11.9 Å². The third-order valence-corrected chi connectivity index (χ3v) is 3.82. The lowest BCUT2D eigenvalue weighted by atomic mass is 10.1. The Morgan fingerprint density at radius 2 is 1.77 bits per heavy atom. The minimum Gasteiger partial charge on any atom is -0.478 e. The Morgan fingerprint density at radius 1 is 1.12 bits per heavy atom. The number of aryl methyl sites for hydroxylation is 1. The predicted octanol–water partition coefficient (Wildman–Crippen LogP) is 3.80. The largest absolute Gasteiger partial charge is 0.478 e. The smallest absolute Gasteiger partial charge is 0.387 e. The summed E-state index contributed by atoms with van der Waals surface area (Å²) in [5.74, 6) is -1.22. The Bertz CT molecular complexity index is 762. The van der Waals surface area contributed by atoms with Gasteiger partial charge in [0.1, 0.15) is 5.75 Å². The van der Waals surface area contributed by atoms with Crippen LogP contribution in [0.5, 0.6) is 5.75 Å². The van der Waals surface area contributed by atoms with E-state index in [9.17, 15) is 18.4 Å². The summed E-state index contributed by atoms with van der Waals surface area (Å²) in [7, 11) is 0. The van der Waals surface area contributed by atoms with Gasteiger partial charge in [-0.15, -0.1) is 0 Å². The number of carbonyl (C=O) groups is 2. The molecule has 2 aromatic carbocycles. The van der Waals surface area contributed by atoms with E-state index in [-0.39, 0.29) is 23.6 Å². The summed E-state index contributed by atoms with van der Waals surface area (Å²) in [4.78, 5) is 22.9. The van der Waals surface area contributed by atoms with E-state index >= 15 is 0 Å². The van der Waals surface area contributed by atoms with Gasteiger partial charge in [-0.1, -0.05) is 30.3 Å². The van der Waals surface area contributed by atoms with E-state index in [0.29, 0.717) is 12.0 Å². The molecular weight excluding hydrogens is 344 g/mol. The number of benzene rings is 2. The molecule has 7 heteroatoms. The first-order valence-electron chi connectivity index (χ1n) is 8.02. The topological polar surface area (TPSA) is 75.6 Å². The number of rotatable bonds is 8. The van der Waals surface area contributed by atoms with Gasteiger partial charge in [0.25, 0.3) is 0 Å². The molecule has 0 aliphatic rings. The molecule has 26 heavy (non-hydrogen) atoms. The van der Waals surface area contributed by atoms with Gasteiger partial charge in [0, 0.05) is 12.0 Å². The van der Waals surface area contributed by atoms with E-state index in [1.807, 2.05) is 0 Å². The summed E-state index contributed by atoms with van der Waals surface area (Å²) in [6.07, 6.45) is 0.627. The van der Waals surface area contributed by atoms with Gasteiger partial charge < -0.3 is 15.2 Å². The predicted molar refractivity (Wildman–Crippen MR) is 91.4 cm³/mol. The van der Waals surface area contributed by atoms with Crippen molar-refractivity contribution in [2.75, 3.05) is 0 Å². The molecule has 2 N–H and O–H groups in total. The zero-order chi connectivity index (χ0) is 19.1. The fraction of sp³-hybridized carbons (Fsp3) is 0.263. The number of carbonyl (C=O) groups excluding carboxylic acids is 1. The van der Waals surface area contributed by atoms with Crippen LogP contribution in [-0.4, -0.2) is 23.6 Å². The average molecular weight is 363 g/mol. The molecule has 5 nitrogen and oxygen atoms in total. The van der Waals surface area contributed by atoms with E-state index in [2.05, 4.69) is 10.1 Å². The molecule has 0 heterocycles. The third-order valence-electron chi connectivity index (χ3n) is 3.82. The lowest BCUT2D eigenvalue weighted by Crippen LogP contribution is -2.27. The lowest BCUT2D eigenvalue weighted by Gasteiger charge is -2.18. The molecule has 0 radical (unpaired) electrons. The molecule has 1 unspecified atom stereocenters. The SMILES string of the molecule is CC(NC(=O)CCc1ccc(C(=O)O)cc1)c1ccccc1OC(F)F. The standard InChI is InChI=1S/C19H19F2NO4/c1-12(15-4-2-3-5-16(15)26-19(20)21)22-17(23)11-8-13-6-9-14(10-7-13)18(24)25/h2-7,9-10,12,19H,8,11H2,1H3,(H,22,23)(H,24,25). The maximum Gasteiger partial charge on any atom is 0.387 e. The van der Waals surface area contributed by atoms with Crippen LogP contribution in [0.1, 0.15) is 40.9 Å². The van der Waals surface area contributed by atoms with Gasteiger partial charge >= 0.3 is 12.6 Å². The quantitative estimate of drug-likeness (QED) is 0.748. The zero-order valence-electron chi connectivity index (χ0n) is 14.1. The van der Waals surface area contributed by atoms with Crippen molar-refractivity contribution in [1.29, 1.82) is 0 Å². The number of amides is 1. The number of nitrogens with one attached hydrogen (secondary N) is 1. The number of hydrogen-bond donors (Lipinski definition) is 2. The van der Waals surface area contributed by atoms with Crippen molar-refractivity contribution in [3.05, 3.63) is 65.2 Å². The van der Waals surface area contributed by atoms with Gasteiger partial charge in [0.05, 0.1) is 11.6 Å². The van der Waals surface area contributed by atoms with Crippen molar-refractivity contribution in [2.24, 2.45) is 0 Å². The Hall–Kier alpha value is -2.96. The van der Waals surface area contributed by atoms with Gasteiger partial charge in [-0.05, 0) is 37.1 Å². The number of halogens is 2. The Kier molecular flexibility index (Phi) is 6.66. The van der Waals surface area contributed by atoms with Crippen molar-refractivity contribution in [1.82, 2.24) is 5.32 Å². The van der Waals surface area contributed by atoms with Gasteiger partial charge in [0.2, 0.25) is 5.91 Å². The molecule has 0 aliphatic carbocycles. The van der Waals surface area contributed by atoms with Crippen molar-refractivity contribution < 1.29 is 28.2 Å². The molecule has 0 saturated heterocycles. The summed E-state index contributed by atoms with van der Waals surface area (Å²) in [5.41, 5.74) is 1.48. The van der Waals surface area contributed by atoms with Crippen LogP contribution >= 0.6 is 0 Å². The first kappa shape index (κ1) is 19.4. The second-order valence-electron chi connectivity index (χ2n) is 5.71. The van der Waals surface area contributed by atoms with E-state index in [0.717, 1.165) is 5.56 Å². The van der Waals surface area contributed by atoms with Crippen molar-refractivity contribution in [3.63, 3.8) is 0 Å². The highest BCUT2D eigenvalue weighted by molar-refractivity contribution is 5.87. The fourth-order valence-corrected chi connectivity index (χ4v) is 2.50. The van der Waals surface area contributed by atoms with Gasteiger partial charge in [0.15, 0.2) is 0 Å². The van der Waals surface area contributed by atoms with Crippen LogP contribution < -0.4 is 10.1 Å². The Labute approximate surface area is 149 Å². The van der Waals surface area contributed by atoms with Crippen LogP contribution in [0.3, 0.4) is 0 Å². The van der Waals surface area contributed by atoms with E-state index in [4.69, 9.17) is 5.11 Å². The number of carboxylic acid groups (broad SMARTS) is 1. The summed E-state index contributed by atoms with van der Waals surface area (Å²) in [5, 5.41) is 11.6. The van der Waals surface area contributed by atoms with Crippen LogP contribution in [0.25, 0.3) is 0 Å². The maximum atomic E-state index is 12.5. The number of aromatic carboxylic acids is 1. The second kappa shape index (κ2) is 8.94. The molecule has 0 aromatic heterocycles. The van der Waals surface area contributed by atoms with Crippen LogP contribution in [-0.2, 0) is 11.2 Å². The number of alkyl halides is 2. The minimum absolute atomic E-state index is 0.0274. The maximum absolute atomic E-state index is 12.5. The summed E-state index contributed by atoms with van der Waals surface area (Å²) < 4.78 is 29.4. The highest BCUT2D eigenvalue weighted by Gasteiger charge is 2.16. The Morgan fingerprint density at radius 3 is 2.38 bits per heavy atom. The number of ether oxygens (including phenoxy) is 1. The number of hydrogen-bond acceptors (Lipinski definition) is 3. The number of para-hydroxylation sites is 1. The minimum atomic E-state index is -2.94. The zero-order valence-corrected chi connectivity index (χ0v) is 14.1. The molecule has 2 rings (SSSR count). The molecule has 138 valence electrons. The normalized spacial score (nSPS) is 11.8. The van der Waals surface area contributed by atoms with Crippen LogP contribution in [0.4, 0.5) is 8.78 Å². The van der Waals surface area contributed by atoms with Crippen molar-refractivity contribution in [2.45, 2.75) is 32.4 Å². The van der Waals surface area contributed by atoms with E-state index < -0.39 is 18.6 Å². The first-order chi connectivity index (χ1) is 12.4. The summed E-state index contributed by atoms with van der Waals surface area (Å²) in [6, 6.07) is 12.1. The molecular formula is C19H19F2NO4. The Balaban J connectivity index is 1.92. The molecule has 0 bridgehead atoms. The van der Waals surface area contributed by atoms with E-state index in [1.54, 1.807) is 37.3 Å². The molecule has 0 saturated carbocycles. The van der Waals surface area contributed by atoms with Crippen LogP contribution in [0.2, 0.25) is 0 Å². The number of carboxylic acids is 1. The second-order valence-corrected chi connectivity index (χ2v) is 5.71. The monoisotopic (exact) mass is 363 g/mol. The van der Waals surface area contributed by atoms with Gasteiger partial charge in [-0.2, -0.15) is 8.78 Å². The molecule has 1 atom stereocenters. The van der Waals surface area contributed by atoms with Crippen LogP contribution in [0, 0.1) is 0 Å². The van der Waals surface area contributed by atoms with Gasteiger partial charge in [-0.25, -0.2) is 4.79 Å².